The van der Waals surface area contributed by atoms with Crippen molar-refractivity contribution >= 4 is 0 Å². The highest BCUT2D eigenvalue weighted by molar-refractivity contribution is 5.38. The second-order valence-corrected chi connectivity index (χ2v) is 6.31. The maximum atomic E-state index is 11.1. The van der Waals surface area contributed by atoms with Gasteiger partial charge < -0.3 is 9.84 Å². The van der Waals surface area contributed by atoms with E-state index in [-0.39, 0.29) is 0 Å². The van der Waals surface area contributed by atoms with Crippen LogP contribution in [0.4, 0.5) is 0 Å². The Morgan fingerprint density at radius 1 is 1.37 bits per heavy atom. The molecule has 1 aromatic rings. The van der Waals surface area contributed by atoms with Gasteiger partial charge in [-0.25, -0.2) is 0 Å². The maximum absolute atomic E-state index is 11.1. The lowest BCUT2D eigenvalue weighted by Crippen LogP contribution is -2.35. The Hall–Kier alpha value is -1.02. The van der Waals surface area contributed by atoms with E-state index in [9.17, 15) is 5.11 Å². The third-order valence-electron chi connectivity index (χ3n) is 4.64. The molecule has 0 heterocycles. The van der Waals surface area contributed by atoms with Crippen molar-refractivity contribution in [3.63, 3.8) is 0 Å². The molecule has 0 saturated heterocycles. The van der Waals surface area contributed by atoms with E-state index in [2.05, 4.69) is 20.8 Å². The van der Waals surface area contributed by atoms with Crippen molar-refractivity contribution < 1.29 is 9.84 Å². The summed E-state index contributed by atoms with van der Waals surface area (Å²) in [6, 6.07) is 6.02. The summed E-state index contributed by atoms with van der Waals surface area (Å²) in [5.74, 6) is 2.13. The molecule has 1 aliphatic carbocycles. The van der Waals surface area contributed by atoms with Gasteiger partial charge in [0, 0.05) is 0 Å². The van der Waals surface area contributed by atoms with Gasteiger partial charge in [-0.2, -0.15) is 0 Å². The summed E-state index contributed by atoms with van der Waals surface area (Å²) >= 11 is 0. The predicted octanol–water partition coefficient (Wildman–Crippen LogP) is 4.04. The van der Waals surface area contributed by atoms with Crippen LogP contribution in [0.2, 0.25) is 0 Å². The average molecular weight is 262 g/mol. The van der Waals surface area contributed by atoms with E-state index in [0.717, 1.165) is 36.1 Å². The fourth-order valence-electron chi connectivity index (χ4n) is 3.39. The molecular formula is C17H26O2. The zero-order valence-electron chi connectivity index (χ0n) is 12.6. The summed E-state index contributed by atoms with van der Waals surface area (Å²) in [4.78, 5) is 0. The predicted molar refractivity (Wildman–Crippen MR) is 78.4 cm³/mol. The van der Waals surface area contributed by atoms with Gasteiger partial charge in [0.1, 0.15) is 5.75 Å². The second kappa shape index (κ2) is 5.54. The molecule has 106 valence electrons. The minimum Gasteiger partial charge on any atom is -0.497 e. The third kappa shape index (κ3) is 2.94. The number of aliphatic hydroxyl groups is 1. The molecule has 1 saturated carbocycles. The smallest absolute Gasteiger partial charge is 0.119 e. The van der Waals surface area contributed by atoms with E-state index in [1.165, 1.54) is 6.42 Å². The summed E-state index contributed by atoms with van der Waals surface area (Å²) in [6.07, 6.45) is 4.13. The van der Waals surface area contributed by atoms with Crippen LogP contribution in [0.5, 0.6) is 5.75 Å². The molecule has 2 atom stereocenters. The molecule has 2 heteroatoms. The lowest BCUT2D eigenvalue weighted by Gasteiger charge is -2.39. The monoisotopic (exact) mass is 262 g/mol. The minimum atomic E-state index is -0.649. The average Bonchev–Trinajstić information content (AvgIpc) is 2.38. The van der Waals surface area contributed by atoms with Gasteiger partial charge in [-0.3, -0.25) is 0 Å². The SMILES string of the molecule is COc1ccc(C2(O)CCCC(C(C)C)C2)c(C)c1. The van der Waals surface area contributed by atoms with Gasteiger partial charge in [0.15, 0.2) is 0 Å². The molecule has 2 unspecified atom stereocenters. The molecule has 0 spiro atoms. The second-order valence-electron chi connectivity index (χ2n) is 6.31. The van der Waals surface area contributed by atoms with Crippen molar-refractivity contribution in [1.29, 1.82) is 0 Å². The Bertz CT molecular complexity index is 439. The Morgan fingerprint density at radius 3 is 2.68 bits per heavy atom. The fourth-order valence-corrected chi connectivity index (χ4v) is 3.39. The van der Waals surface area contributed by atoms with E-state index >= 15 is 0 Å². The number of rotatable bonds is 3. The van der Waals surface area contributed by atoms with E-state index < -0.39 is 5.60 Å². The van der Waals surface area contributed by atoms with Gasteiger partial charge in [0.2, 0.25) is 0 Å². The van der Waals surface area contributed by atoms with E-state index in [1.54, 1.807) is 7.11 Å². The van der Waals surface area contributed by atoms with Crippen LogP contribution in [-0.4, -0.2) is 12.2 Å². The number of ether oxygens (including phenoxy) is 1. The molecule has 0 aliphatic heterocycles. The number of hydrogen-bond donors (Lipinski definition) is 1. The summed E-state index contributed by atoms with van der Waals surface area (Å²) in [5.41, 5.74) is 1.56. The Balaban J connectivity index is 2.28. The van der Waals surface area contributed by atoms with Crippen molar-refractivity contribution in [2.24, 2.45) is 11.8 Å². The summed E-state index contributed by atoms with van der Waals surface area (Å²) in [7, 11) is 1.68. The zero-order chi connectivity index (χ0) is 14.0. The Morgan fingerprint density at radius 2 is 2.11 bits per heavy atom. The van der Waals surface area contributed by atoms with E-state index in [0.29, 0.717) is 11.8 Å². The molecule has 1 N–H and O–H groups in total. The molecule has 2 nitrogen and oxygen atoms in total. The first-order valence-electron chi connectivity index (χ1n) is 7.34. The normalized spacial score (nSPS) is 27.6. The van der Waals surface area contributed by atoms with Gasteiger partial charge in [0.25, 0.3) is 0 Å². The highest BCUT2D eigenvalue weighted by Gasteiger charge is 2.37. The molecular weight excluding hydrogens is 236 g/mol. The summed E-state index contributed by atoms with van der Waals surface area (Å²) in [5, 5.41) is 11.1. The standard InChI is InChI=1S/C17H26O2/c1-12(2)14-6-5-9-17(18,11-14)16-8-7-15(19-4)10-13(16)3/h7-8,10,12,14,18H,5-6,9,11H2,1-4H3. The molecule has 1 aliphatic rings. The largest absolute Gasteiger partial charge is 0.497 e. The molecule has 2 rings (SSSR count). The van der Waals surface area contributed by atoms with Gasteiger partial charge in [-0.05, 0) is 67.7 Å². The minimum absolute atomic E-state index is 0.625. The van der Waals surface area contributed by atoms with E-state index in [4.69, 9.17) is 4.74 Å². The highest BCUT2D eigenvalue weighted by atomic mass is 16.5. The first kappa shape index (κ1) is 14.4. The molecule has 19 heavy (non-hydrogen) atoms. The first-order valence-corrected chi connectivity index (χ1v) is 7.34. The number of aryl methyl sites for hydroxylation is 1. The van der Waals surface area contributed by atoms with Crippen LogP contribution in [-0.2, 0) is 5.60 Å². The number of benzene rings is 1. The first-order chi connectivity index (χ1) is 8.96. The van der Waals surface area contributed by atoms with Crippen molar-refractivity contribution in [3.8, 4) is 5.75 Å². The Kier molecular flexibility index (Phi) is 4.19. The van der Waals surface area contributed by atoms with Crippen LogP contribution >= 0.6 is 0 Å². The van der Waals surface area contributed by atoms with Crippen molar-refractivity contribution in [1.82, 2.24) is 0 Å². The van der Waals surface area contributed by atoms with Gasteiger partial charge in [-0.1, -0.05) is 19.9 Å². The van der Waals surface area contributed by atoms with Gasteiger partial charge in [0.05, 0.1) is 12.7 Å². The molecule has 0 radical (unpaired) electrons. The summed E-state index contributed by atoms with van der Waals surface area (Å²) < 4.78 is 5.25. The topological polar surface area (TPSA) is 29.5 Å². The van der Waals surface area contributed by atoms with E-state index in [1.807, 2.05) is 18.2 Å². The number of hydrogen-bond acceptors (Lipinski definition) is 2. The lowest BCUT2D eigenvalue weighted by molar-refractivity contribution is -0.0300. The van der Waals surface area contributed by atoms with Crippen molar-refractivity contribution in [2.45, 2.75) is 52.1 Å². The van der Waals surface area contributed by atoms with Gasteiger partial charge in [-0.15, -0.1) is 0 Å². The van der Waals surface area contributed by atoms with Crippen LogP contribution in [0.25, 0.3) is 0 Å². The van der Waals surface area contributed by atoms with Crippen LogP contribution in [0.1, 0.15) is 50.7 Å². The quantitative estimate of drug-likeness (QED) is 0.891. The molecule has 0 bridgehead atoms. The number of methoxy groups -OCH3 is 1. The van der Waals surface area contributed by atoms with Crippen LogP contribution < -0.4 is 4.74 Å². The molecule has 1 aromatic carbocycles. The van der Waals surface area contributed by atoms with Crippen LogP contribution in [0.15, 0.2) is 18.2 Å². The molecule has 1 fully saturated rings. The third-order valence-corrected chi connectivity index (χ3v) is 4.64. The van der Waals surface area contributed by atoms with Crippen molar-refractivity contribution in [3.05, 3.63) is 29.3 Å². The fraction of sp³-hybridized carbons (Fsp3) is 0.647. The maximum Gasteiger partial charge on any atom is 0.119 e. The van der Waals surface area contributed by atoms with Crippen LogP contribution in [0.3, 0.4) is 0 Å². The lowest BCUT2D eigenvalue weighted by atomic mass is 9.70. The highest BCUT2D eigenvalue weighted by Crippen LogP contribution is 2.43. The summed E-state index contributed by atoms with van der Waals surface area (Å²) in [6.45, 7) is 6.59. The zero-order valence-corrected chi connectivity index (χ0v) is 12.6. The van der Waals surface area contributed by atoms with Crippen LogP contribution in [0, 0.1) is 18.8 Å². The molecule has 0 amide bonds. The van der Waals surface area contributed by atoms with Crippen molar-refractivity contribution in [2.75, 3.05) is 7.11 Å². The van der Waals surface area contributed by atoms with Gasteiger partial charge >= 0.3 is 0 Å². The Labute approximate surface area is 116 Å². The molecule has 0 aromatic heterocycles.